The van der Waals surface area contributed by atoms with Gasteiger partial charge in [-0.3, -0.25) is 14.6 Å². The van der Waals surface area contributed by atoms with E-state index in [-0.39, 0.29) is 25.0 Å². The highest BCUT2D eigenvalue weighted by atomic mass is 16.5. The highest BCUT2D eigenvalue weighted by Crippen LogP contribution is 2.18. The zero-order chi connectivity index (χ0) is 15.1. The van der Waals surface area contributed by atoms with Gasteiger partial charge in [0.25, 0.3) is 5.91 Å². The van der Waals surface area contributed by atoms with Crippen LogP contribution in [0.1, 0.15) is 23.7 Å². The quantitative estimate of drug-likeness (QED) is 0.676. The predicted octanol–water partition coefficient (Wildman–Crippen LogP) is 2.39. The molecule has 5 heteroatoms. The van der Waals surface area contributed by atoms with Gasteiger partial charge in [-0.15, -0.1) is 0 Å². The summed E-state index contributed by atoms with van der Waals surface area (Å²) < 4.78 is 4.80. The number of nitrogens with one attached hydrogen (secondary N) is 1. The van der Waals surface area contributed by atoms with Crippen molar-refractivity contribution in [3.05, 3.63) is 54.4 Å². The fourth-order valence-corrected chi connectivity index (χ4v) is 1.73. The van der Waals surface area contributed by atoms with E-state index < -0.39 is 0 Å². The smallest absolute Gasteiger partial charge is 0.307 e. The average molecular weight is 284 g/mol. The van der Waals surface area contributed by atoms with E-state index >= 15 is 0 Å². The SMILES string of the molecule is CCC(=O)OCNC(=O)c1ccc(-c2cccnc2)cc1. The number of hydrogen-bond acceptors (Lipinski definition) is 4. The largest absolute Gasteiger partial charge is 0.444 e. The maximum absolute atomic E-state index is 11.8. The van der Waals surface area contributed by atoms with Gasteiger partial charge in [0, 0.05) is 24.4 Å². The van der Waals surface area contributed by atoms with Crippen LogP contribution in [0.4, 0.5) is 0 Å². The lowest BCUT2D eigenvalue weighted by Crippen LogP contribution is -2.27. The zero-order valence-electron chi connectivity index (χ0n) is 11.7. The van der Waals surface area contributed by atoms with Crippen LogP contribution >= 0.6 is 0 Å². The van der Waals surface area contributed by atoms with Gasteiger partial charge in [-0.05, 0) is 29.3 Å². The molecule has 0 aliphatic rings. The van der Waals surface area contributed by atoms with E-state index in [0.717, 1.165) is 11.1 Å². The number of esters is 1. The summed E-state index contributed by atoms with van der Waals surface area (Å²) in [5.74, 6) is -0.626. The molecule has 2 aromatic rings. The highest BCUT2D eigenvalue weighted by molar-refractivity contribution is 5.94. The maximum atomic E-state index is 11.8. The second-order valence-electron chi connectivity index (χ2n) is 4.34. The zero-order valence-corrected chi connectivity index (χ0v) is 11.7. The van der Waals surface area contributed by atoms with E-state index in [1.54, 1.807) is 31.5 Å². The van der Waals surface area contributed by atoms with E-state index in [1.165, 1.54) is 0 Å². The van der Waals surface area contributed by atoms with Crippen LogP contribution in [0.5, 0.6) is 0 Å². The Kier molecular flexibility index (Phi) is 5.04. The summed E-state index contributed by atoms with van der Waals surface area (Å²) in [4.78, 5) is 26.9. The van der Waals surface area contributed by atoms with Crippen molar-refractivity contribution in [3.63, 3.8) is 0 Å². The summed E-state index contributed by atoms with van der Waals surface area (Å²) in [5.41, 5.74) is 2.48. The monoisotopic (exact) mass is 284 g/mol. The minimum atomic E-state index is -0.345. The number of carbonyl (C=O) groups is 2. The number of hydrogen-bond donors (Lipinski definition) is 1. The van der Waals surface area contributed by atoms with Gasteiger partial charge in [0.1, 0.15) is 0 Å². The third kappa shape index (κ3) is 4.14. The van der Waals surface area contributed by atoms with Crippen LogP contribution in [0.25, 0.3) is 11.1 Å². The molecule has 0 spiro atoms. The van der Waals surface area contributed by atoms with Crippen LogP contribution < -0.4 is 5.32 Å². The number of amides is 1. The van der Waals surface area contributed by atoms with Crippen LogP contribution in [0, 0.1) is 0 Å². The Bertz CT molecular complexity index is 609. The Hall–Kier alpha value is -2.69. The minimum absolute atomic E-state index is 0.115. The van der Waals surface area contributed by atoms with Crippen molar-refractivity contribution in [2.75, 3.05) is 6.73 Å². The molecule has 21 heavy (non-hydrogen) atoms. The van der Waals surface area contributed by atoms with Crippen molar-refractivity contribution in [1.82, 2.24) is 10.3 Å². The molecule has 1 heterocycles. The molecule has 1 N–H and O–H groups in total. The normalized spacial score (nSPS) is 9.95. The first-order valence-electron chi connectivity index (χ1n) is 6.65. The van der Waals surface area contributed by atoms with Gasteiger partial charge >= 0.3 is 5.97 Å². The number of benzene rings is 1. The summed E-state index contributed by atoms with van der Waals surface area (Å²) in [6, 6.07) is 11.0. The molecule has 0 radical (unpaired) electrons. The standard InChI is InChI=1S/C16H16N2O3/c1-2-15(19)21-11-18-16(20)13-7-5-12(6-8-13)14-4-3-9-17-10-14/h3-10H,2,11H2,1H3,(H,18,20). The number of nitrogens with zero attached hydrogens (tertiary/aromatic N) is 1. The topological polar surface area (TPSA) is 68.3 Å². The summed E-state index contributed by atoms with van der Waals surface area (Å²) in [5, 5.41) is 2.53. The molecule has 1 aromatic heterocycles. The summed E-state index contributed by atoms with van der Waals surface area (Å²) in [6.45, 7) is 1.58. The molecule has 2 rings (SSSR count). The molecule has 0 saturated heterocycles. The number of rotatable bonds is 5. The van der Waals surface area contributed by atoms with Crippen LogP contribution in [-0.4, -0.2) is 23.6 Å². The molecular formula is C16H16N2O3. The van der Waals surface area contributed by atoms with Crippen molar-refractivity contribution < 1.29 is 14.3 Å². The van der Waals surface area contributed by atoms with Gasteiger partial charge in [-0.2, -0.15) is 0 Å². The Labute approximate surface area is 123 Å². The number of ether oxygens (including phenoxy) is 1. The van der Waals surface area contributed by atoms with Gasteiger partial charge in [0.15, 0.2) is 6.73 Å². The van der Waals surface area contributed by atoms with E-state index in [0.29, 0.717) is 5.56 Å². The molecule has 1 amide bonds. The first-order valence-corrected chi connectivity index (χ1v) is 6.65. The maximum Gasteiger partial charge on any atom is 0.307 e. The van der Waals surface area contributed by atoms with E-state index in [1.807, 2.05) is 24.3 Å². The summed E-state index contributed by atoms with van der Waals surface area (Å²) >= 11 is 0. The fourth-order valence-electron chi connectivity index (χ4n) is 1.73. The predicted molar refractivity (Wildman–Crippen MR) is 78.4 cm³/mol. The van der Waals surface area contributed by atoms with Crippen LogP contribution in [0.15, 0.2) is 48.8 Å². The van der Waals surface area contributed by atoms with Gasteiger partial charge in [0.2, 0.25) is 0 Å². The van der Waals surface area contributed by atoms with E-state index in [4.69, 9.17) is 4.74 Å². The molecule has 1 aromatic carbocycles. The Balaban J connectivity index is 1.96. The Morgan fingerprint density at radius 3 is 2.52 bits per heavy atom. The lowest BCUT2D eigenvalue weighted by molar-refractivity contribution is -0.143. The van der Waals surface area contributed by atoms with Crippen molar-refractivity contribution >= 4 is 11.9 Å². The molecule has 0 aliphatic carbocycles. The van der Waals surface area contributed by atoms with Crippen molar-refractivity contribution in [1.29, 1.82) is 0 Å². The molecule has 0 atom stereocenters. The summed E-state index contributed by atoms with van der Waals surface area (Å²) in [6.07, 6.45) is 3.76. The van der Waals surface area contributed by atoms with Gasteiger partial charge < -0.3 is 10.1 Å². The van der Waals surface area contributed by atoms with Crippen LogP contribution in [0.3, 0.4) is 0 Å². The molecule has 108 valence electrons. The molecule has 0 saturated carbocycles. The fraction of sp³-hybridized carbons (Fsp3) is 0.188. The van der Waals surface area contributed by atoms with Crippen LogP contribution in [-0.2, 0) is 9.53 Å². The van der Waals surface area contributed by atoms with E-state index in [2.05, 4.69) is 10.3 Å². The second-order valence-corrected chi connectivity index (χ2v) is 4.34. The molecule has 0 aliphatic heterocycles. The van der Waals surface area contributed by atoms with Gasteiger partial charge in [-0.1, -0.05) is 25.1 Å². The third-order valence-electron chi connectivity index (χ3n) is 2.90. The second kappa shape index (κ2) is 7.19. The first-order chi connectivity index (χ1) is 10.2. The number of aromatic nitrogens is 1. The first kappa shape index (κ1) is 14.7. The average Bonchev–Trinajstić information content (AvgIpc) is 2.55. The molecule has 0 fully saturated rings. The Morgan fingerprint density at radius 1 is 1.14 bits per heavy atom. The van der Waals surface area contributed by atoms with Gasteiger partial charge in [0.05, 0.1) is 0 Å². The van der Waals surface area contributed by atoms with Crippen molar-refractivity contribution in [3.8, 4) is 11.1 Å². The molecule has 5 nitrogen and oxygen atoms in total. The lowest BCUT2D eigenvalue weighted by atomic mass is 10.1. The lowest BCUT2D eigenvalue weighted by Gasteiger charge is -2.07. The summed E-state index contributed by atoms with van der Waals surface area (Å²) in [7, 11) is 0. The molecule has 0 bridgehead atoms. The van der Waals surface area contributed by atoms with E-state index in [9.17, 15) is 9.59 Å². The van der Waals surface area contributed by atoms with Crippen LogP contribution in [0.2, 0.25) is 0 Å². The molecular weight excluding hydrogens is 268 g/mol. The highest BCUT2D eigenvalue weighted by Gasteiger charge is 2.06. The number of pyridine rings is 1. The third-order valence-corrected chi connectivity index (χ3v) is 2.90. The van der Waals surface area contributed by atoms with Crippen molar-refractivity contribution in [2.45, 2.75) is 13.3 Å². The molecule has 0 unspecified atom stereocenters. The van der Waals surface area contributed by atoms with Gasteiger partial charge in [-0.25, -0.2) is 0 Å². The minimum Gasteiger partial charge on any atom is -0.444 e. The van der Waals surface area contributed by atoms with Crippen molar-refractivity contribution in [2.24, 2.45) is 0 Å². The number of carbonyl (C=O) groups excluding carboxylic acids is 2. The Morgan fingerprint density at radius 2 is 1.90 bits per heavy atom.